The van der Waals surface area contributed by atoms with E-state index in [0.717, 1.165) is 23.8 Å². The van der Waals surface area contributed by atoms with Crippen LogP contribution >= 0.6 is 23.1 Å². The van der Waals surface area contributed by atoms with E-state index in [0.29, 0.717) is 11.7 Å². The third-order valence-electron chi connectivity index (χ3n) is 4.61. The Kier molecular flexibility index (Phi) is 6.97. The second-order valence-corrected chi connectivity index (χ2v) is 8.91. The predicted molar refractivity (Wildman–Crippen MR) is 108 cm³/mol. The van der Waals surface area contributed by atoms with Crippen LogP contribution in [0.4, 0.5) is 0 Å². The van der Waals surface area contributed by atoms with Gasteiger partial charge in [0.1, 0.15) is 5.76 Å². The summed E-state index contributed by atoms with van der Waals surface area (Å²) in [5.41, 5.74) is 1.06. The average molecular weight is 392 g/mol. The molecule has 1 N–H and O–H groups in total. The minimum absolute atomic E-state index is 0.148. The molecule has 0 bridgehead atoms. The first-order valence-electron chi connectivity index (χ1n) is 9.13. The Labute approximate surface area is 162 Å². The van der Waals surface area contributed by atoms with Crippen LogP contribution in [0.25, 0.3) is 6.08 Å². The van der Waals surface area contributed by atoms with Crippen molar-refractivity contribution in [2.75, 3.05) is 11.5 Å². The third kappa shape index (κ3) is 5.48. The van der Waals surface area contributed by atoms with Gasteiger partial charge in [0.15, 0.2) is 5.89 Å². The zero-order valence-electron chi connectivity index (χ0n) is 15.1. The molecule has 2 aromatic rings. The number of aromatic nitrogens is 1. The summed E-state index contributed by atoms with van der Waals surface area (Å²) in [5, 5.41) is 8.62. The first kappa shape index (κ1) is 19.2. The molecule has 6 heteroatoms. The molecule has 2 aromatic heterocycles. The molecule has 0 aliphatic heterocycles. The van der Waals surface area contributed by atoms with E-state index in [9.17, 15) is 4.79 Å². The van der Waals surface area contributed by atoms with Gasteiger partial charge in [0.25, 0.3) is 0 Å². The number of aryl methyl sites for hydroxylation is 1. The van der Waals surface area contributed by atoms with Crippen LogP contribution in [0.1, 0.15) is 65.1 Å². The van der Waals surface area contributed by atoms with Crippen LogP contribution in [0.3, 0.4) is 0 Å². The summed E-state index contributed by atoms with van der Waals surface area (Å²) in [4.78, 5) is 17.7. The molecule has 1 fully saturated rings. The van der Waals surface area contributed by atoms with E-state index in [1.807, 2.05) is 13.0 Å². The maximum absolute atomic E-state index is 10.5. The van der Waals surface area contributed by atoms with Crippen molar-refractivity contribution in [2.45, 2.75) is 51.4 Å². The molecule has 0 spiro atoms. The van der Waals surface area contributed by atoms with Crippen molar-refractivity contribution < 1.29 is 14.3 Å². The summed E-state index contributed by atoms with van der Waals surface area (Å²) in [7, 11) is 0. The van der Waals surface area contributed by atoms with E-state index < -0.39 is 5.97 Å². The van der Waals surface area contributed by atoms with E-state index in [1.165, 1.54) is 53.6 Å². The van der Waals surface area contributed by atoms with Crippen LogP contribution in [0.5, 0.6) is 0 Å². The zero-order valence-corrected chi connectivity index (χ0v) is 16.7. The lowest BCUT2D eigenvalue weighted by molar-refractivity contribution is -0.133. The van der Waals surface area contributed by atoms with Gasteiger partial charge in [-0.25, -0.2) is 4.98 Å². The molecule has 1 saturated carbocycles. The number of thioether (sulfide) groups is 1. The van der Waals surface area contributed by atoms with Gasteiger partial charge in [-0.1, -0.05) is 25.3 Å². The molecule has 1 aliphatic rings. The maximum atomic E-state index is 10.5. The number of hydrogen-bond acceptors (Lipinski definition) is 5. The standard InChI is InChI=1S/C20H25NO3S2/c1-14-18(21-20(24-14)15-6-3-2-4-7-15)12-17-10-9-16(26-17)8-5-11-25-13-19(22)23/h5,8-10,15H,2-4,6-7,11-13H2,1H3,(H,22,23)/b8-5+. The number of oxazole rings is 1. The quantitative estimate of drug-likeness (QED) is 0.601. The number of aliphatic carboxylic acids is 1. The van der Waals surface area contributed by atoms with Gasteiger partial charge in [0.05, 0.1) is 11.4 Å². The molecule has 0 unspecified atom stereocenters. The number of carboxylic acids is 1. The molecular formula is C20H25NO3S2. The number of hydrogen-bond donors (Lipinski definition) is 1. The molecule has 0 saturated heterocycles. The molecule has 4 nitrogen and oxygen atoms in total. The second-order valence-electron chi connectivity index (χ2n) is 6.68. The molecule has 0 amide bonds. The highest BCUT2D eigenvalue weighted by Gasteiger charge is 2.22. The summed E-state index contributed by atoms with van der Waals surface area (Å²) in [6, 6.07) is 4.25. The topological polar surface area (TPSA) is 63.3 Å². The minimum Gasteiger partial charge on any atom is -0.481 e. The molecular weight excluding hydrogens is 366 g/mol. The fraction of sp³-hybridized carbons (Fsp3) is 0.500. The van der Waals surface area contributed by atoms with E-state index >= 15 is 0 Å². The summed E-state index contributed by atoms with van der Waals surface area (Å²) < 4.78 is 5.97. The Balaban J connectivity index is 1.56. The highest BCUT2D eigenvalue weighted by molar-refractivity contribution is 8.00. The van der Waals surface area contributed by atoms with Gasteiger partial charge in [-0.15, -0.1) is 23.1 Å². The summed E-state index contributed by atoms with van der Waals surface area (Å²) in [6.45, 7) is 2.02. The fourth-order valence-corrected chi connectivity index (χ4v) is 4.73. The van der Waals surface area contributed by atoms with Crippen LogP contribution in [0.15, 0.2) is 22.6 Å². The van der Waals surface area contributed by atoms with Crippen molar-refractivity contribution in [1.82, 2.24) is 4.98 Å². The minimum atomic E-state index is -0.766. The van der Waals surface area contributed by atoms with Crippen molar-refractivity contribution in [3.63, 3.8) is 0 Å². The highest BCUT2D eigenvalue weighted by atomic mass is 32.2. The van der Waals surface area contributed by atoms with Gasteiger partial charge in [-0.05, 0) is 38.0 Å². The maximum Gasteiger partial charge on any atom is 0.313 e. The highest BCUT2D eigenvalue weighted by Crippen LogP contribution is 2.33. The van der Waals surface area contributed by atoms with Crippen LogP contribution in [0.2, 0.25) is 0 Å². The Bertz CT molecular complexity index is 757. The summed E-state index contributed by atoms with van der Waals surface area (Å²) in [6.07, 6.45) is 11.2. The molecule has 140 valence electrons. The van der Waals surface area contributed by atoms with Crippen LogP contribution in [-0.2, 0) is 11.2 Å². The number of carbonyl (C=O) groups is 1. The van der Waals surface area contributed by atoms with Crippen molar-refractivity contribution in [3.8, 4) is 0 Å². The smallest absolute Gasteiger partial charge is 0.313 e. The van der Waals surface area contributed by atoms with Crippen molar-refractivity contribution in [3.05, 3.63) is 45.3 Å². The normalized spacial score (nSPS) is 15.7. The molecule has 1 aliphatic carbocycles. The van der Waals surface area contributed by atoms with Gasteiger partial charge < -0.3 is 9.52 Å². The SMILES string of the molecule is Cc1oc(C2CCCCC2)nc1Cc1ccc(/C=C/CSCC(=O)O)s1. The molecule has 0 radical (unpaired) electrons. The van der Waals surface area contributed by atoms with Crippen LogP contribution in [-0.4, -0.2) is 27.6 Å². The Morgan fingerprint density at radius 3 is 2.96 bits per heavy atom. The Morgan fingerprint density at radius 2 is 2.19 bits per heavy atom. The van der Waals surface area contributed by atoms with Crippen LogP contribution in [0, 0.1) is 6.92 Å². The number of carboxylic acid groups (broad SMARTS) is 1. The van der Waals surface area contributed by atoms with Gasteiger partial charge in [0.2, 0.25) is 0 Å². The van der Waals surface area contributed by atoms with Crippen molar-refractivity contribution in [1.29, 1.82) is 0 Å². The summed E-state index contributed by atoms with van der Waals surface area (Å²) in [5.74, 6) is 2.48. The van der Waals surface area contributed by atoms with E-state index in [2.05, 4.69) is 18.2 Å². The second kappa shape index (κ2) is 9.42. The van der Waals surface area contributed by atoms with Crippen molar-refractivity contribution >= 4 is 35.1 Å². The molecule has 3 rings (SSSR count). The van der Waals surface area contributed by atoms with Gasteiger partial charge >= 0.3 is 5.97 Å². The van der Waals surface area contributed by atoms with Gasteiger partial charge in [0, 0.05) is 27.8 Å². The first-order chi connectivity index (χ1) is 12.6. The zero-order chi connectivity index (χ0) is 18.4. The molecule has 2 heterocycles. The number of rotatable bonds is 8. The third-order valence-corrected chi connectivity index (χ3v) is 6.54. The molecule has 26 heavy (non-hydrogen) atoms. The Hall–Kier alpha value is -1.53. The molecule has 0 aromatic carbocycles. The number of thiophene rings is 1. The van der Waals surface area contributed by atoms with E-state index in [1.54, 1.807) is 11.3 Å². The number of nitrogens with zero attached hydrogens (tertiary/aromatic N) is 1. The predicted octanol–water partition coefficient (Wildman–Crippen LogP) is 5.51. The largest absolute Gasteiger partial charge is 0.481 e. The van der Waals surface area contributed by atoms with E-state index in [4.69, 9.17) is 14.5 Å². The fourth-order valence-electron chi connectivity index (χ4n) is 3.26. The van der Waals surface area contributed by atoms with Gasteiger partial charge in [-0.3, -0.25) is 4.79 Å². The summed E-state index contributed by atoms with van der Waals surface area (Å²) >= 11 is 3.16. The lowest BCUT2D eigenvalue weighted by Gasteiger charge is -2.17. The van der Waals surface area contributed by atoms with E-state index in [-0.39, 0.29) is 5.75 Å². The van der Waals surface area contributed by atoms with Crippen LogP contribution < -0.4 is 0 Å². The van der Waals surface area contributed by atoms with Gasteiger partial charge in [-0.2, -0.15) is 0 Å². The first-order valence-corrected chi connectivity index (χ1v) is 11.1. The molecule has 0 atom stereocenters. The van der Waals surface area contributed by atoms with Crippen molar-refractivity contribution in [2.24, 2.45) is 0 Å². The lowest BCUT2D eigenvalue weighted by Crippen LogP contribution is -2.04. The lowest BCUT2D eigenvalue weighted by atomic mass is 9.89. The monoisotopic (exact) mass is 391 g/mol. The average Bonchev–Trinajstić information content (AvgIpc) is 3.22. The Morgan fingerprint density at radius 1 is 1.38 bits per heavy atom.